The molecular weight excluding hydrogens is 206 g/mol. The number of hydrogen-bond donors (Lipinski definition) is 2. The van der Waals surface area contributed by atoms with Crippen LogP contribution in [0.4, 0.5) is 5.69 Å². The van der Waals surface area contributed by atoms with Crippen LogP contribution in [0.1, 0.15) is 23.2 Å². The van der Waals surface area contributed by atoms with Gasteiger partial charge in [-0.1, -0.05) is 0 Å². The van der Waals surface area contributed by atoms with Crippen molar-refractivity contribution >= 4 is 11.7 Å². The zero-order valence-electron chi connectivity index (χ0n) is 9.14. The predicted octanol–water partition coefficient (Wildman–Crippen LogP) is 1.97. The summed E-state index contributed by atoms with van der Waals surface area (Å²) in [4.78, 5) is 10.6. The third kappa shape index (κ3) is 2.33. The molecule has 0 amide bonds. The molecule has 1 aromatic rings. The molecule has 1 saturated carbocycles. The van der Waals surface area contributed by atoms with Gasteiger partial charge in [0.25, 0.3) is 0 Å². The predicted molar refractivity (Wildman–Crippen MR) is 60.8 cm³/mol. The monoisotopic (exact) mass is 221 g/mol. The number of carboxylic acids is 1. The molecule has 0 heterocycles. The minimum Gasteiger partial charge on any atom is -0.478 e. The maximum atomic E-state index is 10.6. The van der Waals surface area contributed by atoms with Gasteiger partial charge in [-0.2, -0.15) is 0 Å². The Bertz CT molecular complexity index is 368. The zero-order valence-corrected chi connectivity index (χ0v) is 9.14. The van der Waals surface area contributed by atoms with E-state index in [-0.39, 0.29) is 0 Å². The number of anilines is 1. The maximum Gasteiger partial charge on any atom is 0.335 e. The number of carboxylic acid groups (broad SMARTS) is 1. The minimum atomic E-state index is -0.894. The first kappa shape index (κ1) is 11.0. The number of rotatable bonds is 4. The number of aromatic carboxylic acids is 1. The molecule has 1 aromatic carbocycles. The van der Waals surface area contributed by atoms with Gasteiger partial charge in [-0.25, -0.2) is 4.79 Å². The van der Waals surface area contributed by atoms with E-state index >= 15 is 0 Å². The van der Waals surface area contributed by atoms with E-state index in [0.717, 1.165) is 18.5 Å². The SMILES string of the molecule is COC1CC(Nc2ccc(C(=O)O)cc2)C1. The van der Waals surface area contributed by atoms with Crippen molar-refractivity contribution in [1.82, 2.24) is 0 Å². The minimum absolute atomic E-state index is 0.314. The molecule has 4 heteroatoms. The topological polar surface area (TPSA) is 58.6 Å². The normalized spacial score (nSPS) is 23.6. The van der Waals surface area contributed by atoms with Gasteiger partial charge < -0.3 is 15.2 Å². The molecule has 0 atom stereocenters. The van der Waals surface area contributed by atoms with Gasteiger partial charge in [0.05, 0.1) is 11.7 Å². The van der Waals surface area contributed by atoms with Crippen molar-refractivity contribution in [2.75, 3.05) is 12.4 Å². The molecule has 0 spiro atoms. The van der Waals surface area contributed by atoms with E-state index in [0.29, 0.717) is 17.7 Å². The van der Waals surface area contributed by atoms with Crippen LogP contribution in [0.3, 0.4) is 0 Å². The Balaban J connectivity index is 1.89. The van der Waals surface area contributed by atoms with E-state index in [1.54, 1.807) is 31.4 Å². The molecule has 2 N–H and O–H groups in total. The van der Waals surface area contributed by atoms with E-state index in [1.165, 1.54) is 0 Å². The van der Waals surface area contributed by atoms with Gasteiger partial charge in [0.15, 0.2) is 0 Å². The quantitative estimate of drug-likeness (QED) is 0.816. The summed E-state index contributed by atoms with van der Waals surface area (Å²) in [6.45, 7) is 0. The average Bonchev–Trinajstić information content (AvgIpc) is 2.23. The van der Waals surface area contributed by atoms with Crippen molar-refractivity contribution in [2.24, 2.45) is 0 Å². The molecule has 1 aliphatic rings. The fraction of sp³-hybridized carbons (Fsp3) is 0.417. The average molecular weight is 221 g/mol. The Kier molecular flexibility index (Phi) is 3.10. The standard InChI is InChI=1S/C12H15NO3/c1-16-11-6-10(7-11)13-9-4-2-8(3-5-9)12(14)15/h2-5,10-11,13H,6-7H2,1H3,(H,14,15). The number of hydrogen-bond acceptors (Lipinski definition) is 3. The second-order valence-electron chi connectivity index (χ2n) is 4.05. The molecule has 2 rings (SSSR count). The second-order valence-corrected chi connectivity index (χ2v) is 4.05. The van der Waals surface area contributed by atoms with Gasteiger partial charge in [-0.05, 0) is 37.1 Å². The summed E-state index contributed by atoms with van der Waals surface area (Å²) in [5.74, 6) is -0.894. The Morgan fingerprint density at radius 2 is 2.00 bits per heavy atom. The summed E-state index contributed by atoms with van der Waals surface area (Å²) in [5.41, 5.74) is 1.28. The Labute approximate surface area is 94.2 Å². The van der Waals surface area contributed by atoms with E-state index in [9.17, 15) is 4.79 Å². The van der Waals surface area contributed by atoms with Crippen molar-refractivity contribution in [3.63, 3.8) is 0 Å². The van der Waals surface area contributed by atoms with Crippen molar-refractivity contribution in [3.05, 3.63) is 29.8 Å². The molecular formula is C12H15NO3. The van der Waals surface area contributed by atoms with Crippen LogP contribution >= 0.6 is 0 Å². The zero-order chi connectivity index (χ0) is 11.5. The highest BCUT2D eigenvalue weighted by atomic mass is 16.5. The number of ether oxygens (including phenoxy) is 1. The summed E-state index contributed by atoms with van der Waals surface area (Å²) in [6, 6.07) is 7.25. The van der Waals surface area contributed by atoms with Crippen LogP contribution in [0, 0.1) is 0 Å². The fourth-order valence-electron chi connectivity index (χ4n) is 1.82. The maximum absolute atomic E-state index is 10.6. The molecule has 1 aliphatic carbocycles. The third-order valence-corrected chi connectivity index (χ3v) is 2.93. The molecule has 0 radical (unpaired) electrons. The highest BCUT2D eigenvalue weighted by molar-refractivity contribution is 5.87. The Morgan fingerprint density at radius 1 is 1.38 bits per heavy atom. The number of nitrogens with one attached hydrogen (secondary N) is 1. The van der Waals surface area contributed by atoms with Gasteiger partial charge in [-0.3, -0.25) is 0 Å². The Morgan fingerprint density at radius 3 is 2.50 bits per heavy atom. The number of benzene rings is 1. The van der Waals surface area contributed by atoms with Gasteiger partial charge in [0, 0.05) is 18.8 Å². The number of methoxy groups -OCH3 is 1. The van der Waals surface area contributed by atoms with E-state index in [1.807, 2.05) is 0 Å². The lowest BCUT2D eigenvalue weighted by Crippen LogP contribution is -2.40. The summed E-state index contributed by atoms with van der Waals surface area (Å²) in [6.07, 6.45) is 2.39. The highest BCUT2D eigenvalue weighted by Gasteiger charge is 2.28. The van der Waals surface area contributed by atoms with Crippen LogP contribution in [0.2, 0.25) is 0 Å². The highest BCUT2D eigenvalue weighted by Crippen LogP contribution is 2.26. The summed E-state index contributed by atoms with van der Waals surface area (Å²) >= 11 is 0. The first-order valence-electron chi connectivity index (χ1n) is 5.31. The van der Waals surface area contributed by atoms with Crippen molar-refractivity contribution in [1.29, 1.82) is 0 Å². The van der Waals surface area contributed by atoms with Crippen LogP contribution < -0.4 is 5.32 Å². The lowest BCUT2D eigenvalue weighted by molar-refractivity contribution is 0.0329. The summed E-state index contributed by atoms with van der Waals surface area (Å²) in [7, 11) is 1.72. The molecule has 86 valence electrons. The molecule has 16 heavy (non-hydrogen) atoms. The van der Waals surface area contributed by atoms with Crippen LogP contribution in [0.15, 0.2) is 24.3 Å². The summed E-state index contributed by atoms with van der Waals surface area (Å²) < 4.78 is 5.19. The first-order chi connectivity index (χ1) is 7.69. The van der Waals surface area contributed by atoms with E-state index in [2.05, 4.69) is 5.32 Å². The number of carbonyl (C=O) groups is 1. The fourth-order valence-corrected chi connectivity index (χ4v) is 1.82. The van der Waals surface area contributed by atoms with Gasteiger partial charge in [0.2, 0.25) is 0 Å². The first-order valence-corrected chi connectivity index (χ1v) is 5.31. The van der Waals surface area contributed by atoms with Crippen LogP contribution in [0.5, 0.6) is 0 Å². The largest absolute Gasteiger partial charge is 0.478 e. The molecule has 0 bridgehead atoms. The molecule has 0 unspecified atom stereocenters. The summed E-state index contributed by atoms with van der Waals surface area (Å²) in [5, 5.41) is 12.1. The molecule has 0 saturated heterocycles. The van der Waals surface area contributed by atoms with Crippen LogP contribution in [0.25, 0.3) is 0 Å². The van der Waals surface area contributed by atoms with E-state index in [4.69, 9.17) is 9.84 Å². The van der Waals surface area contributed by atoms with Crippen molar-refractivity contribution in [2.45, 2.75) is 25.0 Å². The molecule has 0 aliphatic heterocycles. The van der Waals surface area contributed by atoms with Crippen molar-refractivity contribution in [3.8, 4) is 0 Å². The Hall–Kier alpha value is -1.55. The van der Waals surface area contributed by atoms with Crippen LogP contribution in [-0.4, -0.2) is 30.3 Å². The van der Waals surface area contributed by atoms with Gasteiger partial charge >= 0.3 is 5.97 Å². The van der Waals surface area contributed by atoms with Gasteiger partial charge in [0.1, 0.15) is 0 Å². The second kappa shape index (κ2) is 4.53. The van der Waals surface area contributed by atoms with E-state index < -0.39 is 5.97 Å². The molecule has 0 aromatic heterocycles. The van der Waals surface area contributed by atoms with Gasteiger partial charge in [-0.15, -0.1) is 0 Å². The lowest BCUT2D eigenvalue weighted by atomic mass is 9.89. The smallest absolute Gasteiger partial charge is 0.335 e. The van der Waals surface area contributed by atoms with Crippen molar-refractivity contribution < 1.29 is 14.6 Å². The molecule has 4 nitrogen and oxygen atoms in total. The lowest BCUT2D eigenvalue weighted by Gasteiger charge is -2.35. The third-order valence-electron chi connectivity index (χ3n) is 2.93. The molecule has 1 fully saturated rings. The van der Waals surface area contributed by atoms with Crippen LogP contribution in [-0.2, 0) is 4.74 Å².